The molecular weight excluding hydrogens is 372 g/mol. The monoisotopic (exact) mass is 398 g/mol. The summed E-state index contributed by atoms with van der Waals surface area (Å²) in [5.41, 5.74) is 6.47. The van der Waals surface area contributed by atoms with Crippen LogP contribution < -0.4 is 0 Å². The van der Waals surface area contributed by atoms with Crippen molar-refractivity contribution in [1.82, 2.24) is 0 Å². The van der Waals surface area contributed by atoms with E-state index in [0.29, 0.717) is 6.42 Å². The molecule has 3 heteroatoms. The highest BCUT2D eigenvalue weighted by molar-refractivity contribution is 5.96. The summed E-state index contributed by atoms with van der Waals surface area (Å²) >= 11 is 0. The Labute approximate surface area is 177 Å². The van der Waals surface area contributed by atoms with E-state index in [2.05, 4.69) is 50.0 Å². The van der Waals surface area contributed by atoms with Gasteiger partial charge in [-0.2, -0.15) is 0 Å². The van der Waals surface area contributed by atoms with Crippen LogP contribution in [0.25, 0.3) is 11.1 Å². The Balaban J connectivity index is 2.20. The average molecular weight is 399 g/mol. The number of carbonyl (C=O) groups is 1. The fourth-order valence-electron chi connectivity index (χ4n) is 3.35. The van der Waals surface area contributed by atoms with Gasteiger partial charge < -0.3 is 9.52 Å². The zero-order chi connectivity index (χ0) is 21.5. The number of carboxylic acid groups (broad SMARTS) is 1. The van der Waals surface area contributed by atoms with Gasteiger partial charge >= 0.3 is 5.97 Å². The first kappa shape index (κ1) is 21.1. The van der Waals surface area contributed by atoms with Gasteiger partial charge in [-0.1, -0.05) is 60.7 Å². The van der Waals surface area contributed by atoms with Gasteiger partial charge in [-0.05, 0) is 73.2 Å². The van der Waals surface area contributed by atoms with Gasteiger partial charge in [0.2, 0.25) is 0 Å². The molecule has 0 fully saturated rings. The van der Waals surface area contributed by atoms with Crippen molar-refractivity contribution >= 4 is 17.1 Å². The fraction of sp³-hybridized carbons (Fsp3) is 0.148. The molecule has 1 heterocycles. The van der Waals surface area contributed by atoms with Crippen molar-refractivity contribution < 1.29 is 14.3 Å². The minimum absolute atomic E-state index is 0.262. The van der Waals surface area contributed by atoms with Crippen molar-refractivity contribution in [2.45, 2.75) is 26.7 Å². The highest BCUT2D eigenvalue weighted by Crippen LogP contribution is 2.34. The summed E-state index contributed by atoms with van der Waals surface area (Å²) in [5, 5.41) is 9.26. The second-order valence-corrected chi connectivity index (χ2v) is 7.40. The van der Waals surface area contributed by atoms with Crippen LogP contribution >= 0.6 is 0 Å². The van der Waals surface area contributed by atoms with Crippen molar-refractivity contribution in [2.75, 3.05) is 0 Å². The van der Waals surface area contributed by atoms with Gasteiger partial charge in [0.15, 0.2) is 0 Å². The molecule has 0 bridgehead atoms. The maximum atomic E-state index is 11.3. The molecule has 30 heavy (non-hydrogen) atoms. The van der Waals surface area contributed by atoms with Gasteiger partial charge in [0, 0.05) is 5.57 Å². The average Bonchev–Trinajstić information content (AvgIpc) is 3.12. The number of hydrogen-bond acceptors (Lipinski definition) is 2. The molecule has 1 N–H and O–H groups in total. The molecule has 0 spiro atoms. The molecule has 0 saturated heterocycles. The van der Waals surface area contributed by atoms with E-state index in [-0.39, 0.29) is 5.56 Å². The molecule has 0 saturated carbocycles. The van der Waals surface area contributed by atoms with Crippen molar-refractivity contribution in [1.29, 1.82) is 0 Å². The molecule has 0 unspecified atom stereocenters. The summed E-state index contributed by atoms with van der Waals surface area (Å²) < 4.78 is 5.75. The van der Waals surface area contributed by atoms with Gasteiger partial charge in [-0.15, -0.1) is 0 Å². The van der Waals surface area contributed by atoms with Crippen molar-refractivity contribution in [3.8, 4) is 0 Å². The number of carboxylic acids is 1. The molecule has 3 nitrogen and oxygen atoms in total. The molecule has 0 amide bonds. The SMILES string of the molecule is C=C(C)CC(=C(C=C(C)C1=CC=CCC=C1)c1ccc(C(=O)O)cc1)c1ccco1. The standard InChI is InChI=1S/C27H26O3/c1-19(2)17-25(26-11-8-16-30-26)24(22-12-14-23(15-13-22)27(28)29)18-20(3)21-9-6-4-5-7-10-21/h4,6-16,18H,1,5,17H2,2-3H3,(H,28,29). The first-order valence-electron chi connectivity index (χ1n) is 9.93. The van der Waals surface area contributed by atoms with Crippen LogP contribution in [0.2, 0.25) is 0 Å². The van der Waals surface area contributed by atoms with Gasteiger partial charge in [-0.25, -0.2) is 4.79 Å². The highest BCUT2D eigenvalue weighted by atomic mass is 16.4. The van der Waals surface area contributed by atoms with Crippen LogP contribution in [0.1, 0.15) is 48.4 Å². The molecule has 3 rings (SSSR count). The zero-order valence-electron chi connectivity index (χ0n) is 17.4. The molecular formula is C27H26O3. The third-order valence-electron chi connectivity index (χ3n) is 4.86. The van der Waals surface area contributed by atoms with E-state index in [1.165, 1.54) is 0 Å². The smallest absolute Gasteiger partial charge is 0.335 e. The van der Waals surface area contributed by atoms with Crippen LogP contribution in [0.3, 0.4) is 0 Å². The van der Waals surface area contributed by atoms with Crippen LogP contribution in [0.5, 0.6) is 0 Å². The molecule has 0 radical (unpaired) electrons. The van der Waals surface area contributed by atoms with Crippen molar-refractivity contribution in [2.24, 2.45) is 0 Å². The lowest BCUT2D eigenvalue weighted by Gasteiger charge is -2.14. The summed E-state index contributed by atoms with van der Waals surface area (Å²) in [5.74, 6) is -0.155. The maximum absolute atomic E-state index is 11.3. The Morgan fingerprint density at radius 1 is 1.13 bits per heavy atom. The van der Waals surface area contributed by atoms with Gasteiger partial charge in [-0.3, -0.25) is 0 Å². The maximum Gasteiger partial charge on any atom is 0.335 e. The van der Waals surface area contributed by atoms with Crippen molar-refractivity contribution in [3.05, 3.63) is 119 Å². The second-order valence-electron chi connectivity index (χ2n) is 7.40. The third kappa shape index (κ3) is 5.26. The molecule has 2 aromatic rings. The first-order valence-corrected chi connectivity index (χ1v) is 9.93. The van der Waals surface area contributed by atoms with Crippen LogP contribution in [-0.2, 0) is 0 Å². The van der Waals surface area contributed by atoms with E-state index in [1.54, 1.807) is 18.4 Å². The van der Waals surface area contributed by atoms with E-state index >= 15 is 0 Å². The van der Waals surface area contributed by atoms with E-state index in [0.717, 1.165) is 45.6 Å². The fourth-order valence-corrected chi connectivity index (χ4v) is 3.35. The number of rotatable bonds is 7. The van der Waals surface area contributed by atoms with E-state index in [1.807, 2.05) is 31.2 Å². The number of allylic oxidation sites excluding steroid dienone is 11. The summed E-state index contributed by atoms with van der Waals surface area (Å²) in [4.78, 5) is 11.3. The lowest BCUT2D eigenvalue weighted by molar-refractivity contribution is 0.0697. The third-order valence-corrected chi connectivity index (χ3v) is 4.86. The lowest BCUT2D eigenvalue weighted by atomic mass is 9.91. The summed E-state index contributed by atoms with van der Waals surface area (Å²) in [6, 6.07) is 10.8. The van der Waals surface area contributed by atoms with Crippen LogP contribution in [0.15, 0.2) is 107 Å². The zero-order valence-corrected chi connectivity index (χ0v) is 17.4. The second kappa shape index (κ2) is 9.75. The minimum atomic E-state index is -0.937. The predicted molar refractivity (Wildman–Crippen MR) is 123 cm³/mol. The van der Waals surface area contributed by atoms with E-state index in [9.17, 15) is 9.90 Å². The molecule has 1 aliphatic carbocycles. The van der Waals surface area contributed by atoms with Crippen molar-refractivity contribution in [3.63, 3.8) is 0 Å². The first-order chi connectivity index (χ1) is 14.5. The number of hydrogen-bond donors (Lipinski definition) is 1. The van der Waals surface area contributed by atoms with E-state index in [4.69, 9.17) is 4.42 Å². The van der Waals surface area contributed by atoms with E-state index < -0.39 is 5.97 Å². The van der Waals surface area contributed by atoms with Crippen LogP contribution in [-0.4, -0.2) is 11.1 Å². The highest BCUT2D eigenvalue weighted by Gasteiger charge is 2.15. The lowest BCUT2D eigenvalue weighted by Crippen LogP contribution is -1.97. The quantitative estimate of drug-likeness (QED) is 0.395. The summed E-state index contributed by atoms with van der Waals surface area (Å²) in [6.07, 6.45) is 15.9. The Morgan fingerprint density at radius 2 is 1.87 bits per heavy atom. The molecule has 152 valence electrons. The largest absolute Gasteiger partial charge is 0.478 e. The number of furan rings is 1. The Bertz CT molecular complexity index is 1070. The Hall–Kier alpha value is -3.59. The van der Waals surface area contributed by atoms with Gasteiger partial charge in [0.05, 0.1) is 11.8 Å². The molecule has 1 aromatic carbocycles. The minimum Gasteiger partial charge on any atom is -0.478 e. The molecule has 1 aromatic heterocycles. The summed E-state index contributed by atoms with van der Waals surface area (Å²) in [7, 11) is 0. The number of aromatic carboxylic acids is 1. The topological polar surface area (TPSA) is 50.4 Å². The van der Waals surface area contributed by atoms with Crippen LogP contribution in [0.4, 0.5) is 0 Å². The molecule has 0 atom stereocenters. The normalized spacial score (nSPS) is 14.7. The van der Waals surface area contributed by atoms with Crippen LogP contribution in [0, 0.1) is 0 Å². The van der Waals surface area contributed by atoms with Gasteiger partial charge in [0.25, 0.3) is 0 Å². The predicted octanol–water partition coefficient (Wildman–Crippen LogP) is 7.24. The Kier molecular flexibility index (Phi) is 6.87. The number of benzene rings is 1. The molecule has 1 aliphatic rings. The molecule has 0 aliphatic heterocycles. The Morgan fingerprint density at radius 3 is 2.50 bits per heavy atom. The summed E-state index contributed by atoms with van der Waals surface area (Å²) in [6.45, 7) is 8.17. The van der Waals surface area contributed by atoms with Gasteiger partial charge in [0.1, 0.15) is 5.76 Å².